The van der Waals surface area contributed by atoms with Gasteiger partial charge in [-0.2, -0.15) is 0 Å². The molecule has 4 aliphatic rings. The molecule has 288 valence electrons. The van der Waals surface area contributed by atoms with E-state index in [4.69, 9.17) is 0 Å². The maximum Gasteiger partial charge on any atom is 0.0541 e. The van der Waals surface area contributed by atoms with E-state index in [9.17, 15) is 0 Å². The molecule has 4 aliphatic carbocycles. The van der Waals surface area contributed by atoms with Gasteiger partial charge in [0.2, 0.25) is 0 Å². The fourth-order valence-electron chi connectivity index (χ4n) is 13.0. The molecule has 2 heterocycles. The van der Waals surface area contributed by atoms with Crippen molar-refractivity contribution in [2.45, 2.75) is 49.4 Å². The van der Waals surface area contributed by atoms with Crippen LogP contribution in [0.25, 0.3) is 77.2 Å². The van der Waals surface area contributed by atoms with E-state index in [-0.39, 0.29) is 10.8 Å². The molecular weight excluding hydrogens is 725 g/mol. The number of hydrogen-bond donors (Lipinski definition) is 0. The zero-order valence-corrected chi connectivity index (χ0v) is 33.8. The number of rotatable bonds is 6. The molecule has 0 saturated heterocycles. The molecule has 2 aromatic heterocycles. The Balaban J connectivity index is 0.767. The first-order valence-corrected chi connectivity index (χ1v) is 22.0. The van der Waals surface area contributed by atoms with Gasteiger partial charge in [-0.3, -0.25) is 0 Å². The third-order valence-electron chi connectivity index (χ3n) is 15.1. The minimum atomic E-state index is 0.268. The average molecular weight is 771 g/mol. The van der Waals surface area contributed by atoms with Crippen LogP contribution in [-0.4, -0.2) is 9.13 Å². The smallest absolute Gasteiger partial charge is 0.0541 e. The van der Waals surface area contributed by atoms with E-state index in [1.54, 1.807) is 11.1 Å². The quantitative estimate of drug-likeness (QED) is 0.159. The van der Waals surface area contributed by atoms with Gasteiger partial charge in [0, 0.05) is 32.9 Å². The molecule has 0 aliphatic heterocycles. The summed E-state index contributed by atoms with van der Waals surface area (Å²) in [5, 5.41) is 5.20. The van der Waals surface area contributed by atoms with Gasteiger partial charge in [0.15, 0.2) is 0 Å². The first-order valence-electron chi connectivity index (χ1n) is 22.0. The molecule has 2 heteroatoms. The van der Waals surface area contributed by atoms with Crippen LogP contribution in [0.15, 0.2) is 194 Å². The highest BCUT2D eigenvalue weighted by Crippen LogP contribution is 2.66. The van der Waals surface area contributed by atoms with Crippen molar-refractivity contribution in [2.75, 3.05) is 0 Å². The van der Waals surface area contributed by atoms with E-state index in [1.165, 1.54) is 116 Å². The van der Waals surface area contributed by atoms with Crippen molar-refractivity contribution in [3.63, 3.8) is 0 Å². The maximum absolute atomic E-state index is 2.49. The predicted molar refractivity (Wildman–Crippen MR) is 250 cm³/mol. The summed E-state index contributed by atoms with van der Waals surface area (Å²) in [7, 11) is 0. The first kappa shape index (κ1) is 34.2. The van der Waals surface area contributed by atoms with Gasteiger partial charge in [0.25, 0.3) is 0 Å². The minimum absolute atomic E-state index is 0.268. The molecule has 0 atom stereocenters. The Bertz CT molecular complexity index is 2910. The van der Waals surface area contributed by atoms with Gasteiger partial charge >= 0.3 is 0 Å². The number of para-hydroxylation sites is 4. The normalized spacial score (nSPS) is 22.1. The number of benzene rings is 8. The van der Waals surface area contributed by atoms with Gasteiger partial charge in [0.05, 0.1) is 22.1 Å². The maximum atomic E-state index is 2.49. The summed E-state index contributed by atoms with van der Waals surface area (Å²) in [5.41, 5.74) is 16.2. The van der Waals surface area contributed by atoms with Gasteiger partial charge < -0.3 is 9.13 Å². The van der Waals surface area contributed by atoms with Gasteiger partial charge in [-0.25, -0.2) is 0 Å². The second-order valence-electron chi connectivity index (χ2n) is 18.5. The second kappa shape index (κ2) is 12.9. The summed E-state index contributed by atoms with van der Waals surface area (Å²) in [5.74, 6) is 1.62. The van der Waals surface area contributed by atoms with Crippen LogP contribution in [0.4, 0.5) is 0 Å². The molecule has 0 spiro atoms. The fraction of sp³-hybridized carbons (Fsp3) is 0.172. The lowest BCUT2D eigenvalue weighted by atomic mass is 9.41. The van der Waals surface area contributed by atoms with E-state index >= 15 is 0 Å². The van der Waals surface area contributed by atoms with Crippen LogP contribution < -0.4 is 0 Å². The topological polar surface area (TPSA) is 9.86 Å². The summed E-state index contributed by atoms with van der Waals surface area (Å²) >= 11 is 0. The first-order chi connectivity index (χ1) is 29.6. The molecule has 60 heavy (non-hydrogen) atoms. The molecule has 4 saturated carbocycles. The SMILES string of the molecule is c1ccc2c(c1)c1ccccc1n2-c1ccc(-c2ccc(C34CC5CC(C3)CC(c3ccc(-c6ccc(-n7c8ccccc8c8ccccc87)cc6)cc3)(C5)C4)cc2)cc1. The largest absolute Gasteiger partial charge is 0.309 e. The lowest BCUT2D eigenvalue weighted by molar-refractivity contribution is -0.0281. The van der Waals surface area contributed by atoms with E-state index in [0.29, 0.717) is 0 Å². The molecule has 10 aromatic rings. The molecule has 2 nitrogen and oxygen atoms in total. The predicted octanol–water partition coefficient (Wildman–Crippen LogP) is 15.0. The molecule has 0 radical (unpaired) electrons. The molecule has 4 fully saturated rings. The Morgan fingerprint density at radius 3 is 0.917 bits per heavy atom. The van der Waals surface area contributed by atoms with E-state index in [2.05, 4.69) is 203 Å². The summed E-state index contributed by atoms with van der Waals surface area (Å²) in [4.78, 5) is 0. The lowest BCUT2D eigenvalue weighted by Crippen LogP contribution is -2.55. The van der Waals surface area contributed by atoms with Crippen molar-refractivity contribution in [2.24, 2.45) is 11.8 Å². The molecule has 14 rings (SSSR count). The van der Waals surface area contributed by atoms with Crippen LogP contribution in [0.3, 0.4) is 0 Å². The highest BCUT2D eigenvalue weighted by molar-refractivity contribution is 6.10. The third kappa shape index (κ3) is 5.13. The van der Waals surface area contributed by atoms with Crippen LogP contribution in [0.1, 0.15) is 49.7 Å². The van der Waals surface area contributed by atoms with Crippen LogP contribution in [0, 0.1) is 11.8 Å². The van der Waals surface area contributed by atoms with Crippen LogP contribution in [-0.2, 0) is 10.8 Å². The van der Waals surface area contributed by atoms with Crippen molar-refractivity contribution in [3.8, 4) is 33.6 Å². The summed E-state index contributed by atoms with van der Waals surface area (Å²) in [6, 6.07) is 72.9. The Morgan fingerprint density at radius 1 is 0.317 bits per heavy atom. The van der Waals surface area contributed by atoms with Gasteiger partial charge in [0.1, 0.15) is 0 Å². The van der Waals surface area contributed by atoms with Crippen molar-refractivity contribution in [1.82, 2.24) is 9.13 Å². The van der Waals surface area contributed by atoms with Crippen molar-refractivity contribution < 1.29 is 0 Å². The van der Waals surface area contributed by atoms with Crippen molar-refractivity contribution in [3.05, 3.63) is 205 Å². The van der Waals surface area contributed by atoms with Crippen LogP contribution in [0.2, 0.25) is 0 Å². The van der Waals surface area contributed by atoms with Gasteiger partial charge in [-0.1, -0.05) is 146 Å². The standard InChI is InChI=1S/C58H46N2/c1-5-13-53-49(9-1)50-10-2-6-14-54(50)59(53)47-29-21-43(22-30-47)41-17-25-45(26-18-41)57-34-39-33-40(35-57)37-58(36-39,38-57)46-27-19-42(20-28-46)44-23-31-48(32-24-44)60-55-15-7-3-11-51(55)52-12-4-8-16-56(52)60/h1-32,39-40H,33-38H2. The van der Waals surface area contributed by atoms with E-state index in [0.717, 1.165) is 11.8 Å². The Kier molecular flexibility index (Phi) is 7.38. The Morgan fingerprint density at radius 2 is 0.600 bits per heavy atom. The van der Waals surface area contributed by atoms with Gasteiger partial charge in [-0.05, 0) is 143 Å². The highest BCUT2D eigenvalue weighted by Gasteiger charge is 2.58. The monoisotopic (exact) mass is 770 g/mol. The molecule has 8 aromatic carbocycles. The minimum Gasteiger partial charge on any atom is -0.309 e. The molecular formula is C58H46N2. The number of fused-ring (bicyclic) bond motifs is 6. The summed E-state index contributed by atoms with van der Waals surface area (Å²) in [6.45, 7) is 0. The Labute approximate surface area is 351 Å². The molecule has 0 amide bonds. The third-order valence-corrected chi connectivity index (χ3v) is 15.1. The Hall–Kier alpha value is -6.64. The fourth-order valence-corrected chi connectivity index (χ4v) is 13.0. The van der Waals surface area contributed by atoms with E-state index < -0.39 is 0 Å². The zero-order chi connectivity index (χ0) is 39.4. The van der Waals surface area contributed by atoms with E-state index in [1.807, 2.05) is 0 Å². The number of hydrogen-bond acceptors (Lipinski definition) is 0. The summed E-state index contributed by atoms with van der Waals surface area (Å²) in [6.07, 6.45) is 8.05. The second-order valence-corrected chi connectivity index (χ2v) is 18.5. The summed E-state index contributed by atoms with van der Waals surface area (Å²) < 4.78 is 4.80. The highest BCUT2D eigenvalue weighted by atomic mass is 15.0. The zero-order valence-electron chi connectivity index (χ0n) is 33.8. The number of aromatic nitrogens is 2. The van der Waals surface area contributed by atoms with Crippen LogP contribution >= 0.6 is 0 Å². The average Bonchev–Trinajstić information content (AvgIpc) is 3.82. The molecule has 0 unspecified atom stereocenters. The van der Waals surface area contributed by atoms with Crippen molar-refractivity contribution >= 4 is 43.6 Å². The van der Waals surface area contributed by atoms with Gasteiger partial charge in [-0.15, -0.1) is 0 Å². The molecule has 4 bridgehead atoms. The number of nitrogens with zero attached hydrogens (tertiary/aromatic N) is 2. The van der Waals surface area contributed by atoms with Crippen LogP contribution in [0.5, 0.6) is 0 Å². The lowest BCUT2D eigenvalue weighted by Gasteiger charge is -2.63. The van der Waals surface area contributed by atoms with Crippen molar-refractivity contribution in [1.29, 1.82) is 0 Å². The molecule has 0 N–H and O–H groups in total.